The van der Waals surface area contributed by atoms with Crippen LogP contribution in [-0.2, 0) is 26.1 Å². The Balaban J connectivity index is 1.61. The third-order valence-corrected chi connectivity index (χ3v) is 6.61. The summed E-state index contributed by atoms with van der Waals surface area (Å²) in [6.45, 7) is 2.28. The van der Waals surface area contributed by atoms with Gasteiger partial charge in [0.1, 0.15) is 9.90 Å². The van der Waals surface area contributed by atoms with Gasteiger partial charge in [-0.3, -0.25) is 9.59 Å². The molecule has 0 atom stereocenters. The number of carbonyl (C=O) groups is 1. The third-order valence-electron chi connectivity index (χ3n) is 5.10. The second kappa shape index (κ2) is 5.85. The molecule has 0 spiro atoms. The summed E-state index contributed by atoms with van der Waals surface area (Å²) in [5.41, 5.74) is 1.91. The number of hydrogen-bond acceptors (Lipinski definition) is 4. The first kappa shape index (κ1) is 17.6. The number of rotatable bonds is 3. The average molecular weight is 400 g/mol. The highest BCUT2D eigenvalue weighted by Crippen LogP contribution is 2.50. The monoisotopic (exact) mass is 399 g/mol. The number of amides is 1. The van der Waals surface area contributed by atoms with Crippen LogP contribution in [-0.4, -0.2) is 20.4 Å². The largest absolute Gasteiger partial charge is 0.328 e. The Morgan fingerprint density at radius 1 is 1.38 bits per heavy atom. The minimum absolute atomic E-state index is 0.143. The molecular formula is C17H16ClF2N3O2S. The fourth-order valence-corrected chi connectivity index (χ4v) is 4.45. The molecule has 5 nitrogen and oxygen atoms in total. The molecule has 1 aliphatic heterocycles. The number of thiazole rings is 1. The summed E-state index contributed by atoms with van der Waals surface area (Å²) in [5.74, 6) is -3.99. The van der Waals surface area contributed by atoms with E-state index in [0.29, 0.717) is 24.9 Å². The van der Waals surface area contributed by atoms with E-state index in [-0.39, 0.29) is 32.9 Å². The summed E-state index contributed by atoms with van der Waals surface area (Å²) in [6, 6.07) is 0. The molecule has 0 N–H and O–H groups in total. The Bertz CT molecular complexity index is 981. The molecule has 138 valence electrons. The highest BCUT2D eigenvalue weighted by molar-refractivity contribution is 7.13. The number of nitrogens with zero attached hydrogens (tertiary/aromatic N) is 3. The molecule has 1 aliphatic carbocycles. The Morgan fingerprint density at radius 2 is 2.08 bits per heavy atom. The molecular weight excluding hydrogens is 384 g/mol. The van der Waals surface area contributed by atoms with Gasteiger partial charge < -0.3 is 9.47 Å². The maximum absolute atomic E-state index is 14.2. The van der Waals surface area contributed by atoms with Crippen molar-refractivity contribution in [3.63, 3.8) is 0 Å². The van der Waals surface area contributed by atoms with Crippen molar-refractivity contribution in [2.24, 2.45) is 13.0 Å². The van der Waals surface area contributed by atoms with E-state index in [1.165, 1.54) is 15.7 Å². The minimum Gasteiger partial charge on any atom is -0.328 e. The number of carbonyl (C=O) groups excluding carboxylic acids is 1. The van der Waals surface area contributed by atoms with Gasteiger partial charge in [-0.05, 0) is 30.9 Å². The Kier molecular flexibility index (Phi) is 3.96. The standard InChI is InChI=1S/C17H16ClF2N3O2S/c1-8-10-6-23(7-11(10)22(2)15(25)13(8)18)14(24)12-5-21-16(26-12)17(19,20)9-3-4-9/h5,9H,3-4,6-7H2,1-2H3. The molecule has 0 saturated heterocycles. The first-order valence-corrected chi connectivity index (χ1v) is 9.41. The van der Waals surface area contributed by atoms with E-state index in [0.717, 1.165) is 22.6 Å². The van der Waals surface area contributed by atoms with Crippen molar-refractivity contribution in [3.8, 4) is 0 Å². The summed E-state index contributed by atoms with van der Waals surface area (Å²) in [6.07, 6.45) is 2.21. The van der Waals surface area contributed by atoms with E-state index in [9.17, 15) is 18.4 Å². The lowest BCUT2D eigenvalue weighted by Crippen LogP contribution is -2.26. The predicted molar refractivity (Wildman–Crippen MR) is 93.7 cm³/mol. The highest BCUT2D eigenvalue weighted by atomic mass is 35.5. The molecule has 0 unspecified atom stereocenters. The molecule has 0 bridgehead atoms. The molecule has 26 heavy (non-hydrogen) atoms. The summed E-state index contributed by atoms with van der Waals surface area (Å²) < 4.78 is 29.8. The summed E-state index contributed by atoms with van der Waals surface area (Å²) in [4.78, 5) is 30.4. The van der Waals surface area contributed by atoms with Crippen LogP contribution in [0.4, 0.5) is 8.78 Å². The molecule has 1 fully saturated rings. The molecule has 1 amide bonds. The van der Waals surface area contributed by atoms with Crippen LogP contribution in [0.2, 0.25) is 5.02 Å². The van der Waals surface area contributed by atoms with Gasteiger partial charge in [0.15, 0.2) is 5.01 Å². The Labute approximate surface area is 157 Å². The van der Waals surface area contributed by atoms with E-state index in [4.69, 9.17) is 11.6 Å². The van der Waals surface area contributed by atoms with E-state index in [2.05, 4.69) is 4.98 Å². The normalized spacial score (nSPS) is 16.9. The molecule has 3 heterocycles. The molecule has 0 aromatic carbocycles. The van der Waals surface area contributed by atoms with Crippen LogP contribution in [0, 0.1) is 12.8 Å². The zero-order chi connectivity index (χ0) is 18.8. The van der Waals surface area contributed by atoms with Gasteiger partial charge in [0.25, 0.3) is 11.5 Å². The number of fused-ring (bicyclic) bond motifs is 1. The smallest absolute Gasteiger partial charge is 0.301 e. The van der Waals surface area contributed by atoms with Crippen LogP contribution in [0.25, 0.3) is 0 Å². The van der Waals surface area contributed by atoms with E-state index in [1.54, 1.807) is 14.0 Å². The highest BCUT2D eigenvalue weighted by Gasteiger charge is 2.50. The SMILES string of the molecule is Cc1c2c(n(C)c(=O)c1Cl)CN(C(=O)c1cnc(C(F)(F)C3CC3)s1)C2. The van der Waals surface area contributed by atoms with Crippen LogP contribution in [0.15, 0.2) is 11.0 Å². The maximum atomic E-state index is 14.2. The first-order chi connectivity index (χ1) is 12.2. The van der Waals surface area contributed by atoms with Crippen molar-refractivity contribution in [1.82, 2.24) is 14.5 Å². The maximum Gasteiger partial charge on any atom is 0.301 e. The molecule has 2 aromatic heterocycles. The van der Waals surface area contributed by atoms with E-state index in [1.807, 2.05) is 0 Å². The topological polar surface area (TPSA) is 55.2 Å². The van der Waals surface area contributed by atoms with Gasteiger partial charge in [-0.15, -0.1) is 11.3 Å². The third kappa shape index (κ3) is 2.58. The van der Waals surface area contributed by atoms with Crippen molar-refractivity contribution in [1.29, 1.82) is 0 Å². The lowest BCUT2D eigenvalue weighted by molar-refractivity contribution is -0.0287. The van der Waals surface area contributed by atoms with Gasteiger partial charge in [-0.2, -0.15) is 8.78 Å². The van der Waals surface area contributed by atoms with Gasteiger partial charge in [0.05, 0.1) is 12.7 Å². The zero-order valence-corrected chi connectivity index (χ0v) is 15.8. The minimum atomic E-state index is -2.97. The predicted octanol–water partition coefficient (Wildman–Crippen LogP) is 3.46. The lowest BCUT2D eigenvalue weighted by Gasteiger charge is -2.14. The van der Waals surface area contributed by atoms with Crippen LogP contribution in [0.1, 0.15) is 44.3 Å². The van der Waals surface area contributed by atoms with Gasteiger partial charge >= 0.3 is 5.92 Å². The van der Waals surface area contributed by atoms with Gasteiger partial charge in [0, 0.05) is 25.2 Å². The Hall–Kier alpha value is -1.80. The van der Waals surface area contributed by atoms with E-state index >= 15 is 0 Å². The fourth-order valence-electron chi connectivity index (χ4n) is 3.27. The molecule has 2 aliphatic rings. The van der Waals surface area contributed by atoms with Crippen LogP contribution >= 0.6 is 22.9 Å². The molecule has 4 rings (SSSR count). The summed E-state index contributed by atoms with van der Waals surface area (Å²) in [5, 5.41) is -0.156. The zero-order valence-electron chi connectivity index (χ0n) is 14.2. The van der Waals surface area contributed by atoms with Crippen molar-refractivity contribution in [2.75, 3.05) is 0 Å². The second-order valence-electron chi connectivity index (χ2n) is 6.82. The molecule has 1 saturated carbocycles. The second-order valence-corrected chi connectivity index (χ2v) is 8.23. The van der Waals surface area contributed by atoms with Crippen molar-refractivity contribution in [2.45, 2.75) is 38.8 Å². The van der Waals surface area contributed by atoms with Crippen LogP contribution in [0.3, 0.4) is 0 Å². The van der Waals surface area contributed by atoms with Crippen molar-refractivity contribution >= 4 is 28.8 Å². The van der Waals surface area contributed by atoms with Crippen LogP contribution in [0.5, 0.6) is 0 Å². The van der Waals surface area contributed by atoms with Crippen molar-refractivity contribution in [3.05, 3.63) is 48.3 Å². The fraction of sp³-hybridized carbons (Fsp3) is 0.471. The number of hydrogen-bond donors (Lipinski definition) is 0. The first-order valence-electron chi connectivity index (χ1n) is 8.22. The van der Waals surface area contributed by atoms with Crippen molar-refractivity contribution < 1.29 is 13.6 Å². The van der Waals surface area contributed by atoms with Gasteiger partial charge in [-0.1, -0.05) is 11.6 Å². The quantitative estimate of drug-likeness (QED) is 0.794. The lowest BCUT2D eigenvalue weighted by atomic mass is 10.1. The molecule has 0 radical (unpaired) electrons. The number of aromatic nitrogens is 2. The van der Waals surface area contributed by atoms with Gasteiger partial charge in [0.2, 0.25) is 0 Å². The Morgan fingerprint density at radius 3 is 2.73 bits per heavy atom. The number of halogens is 3. The van der Waals surface area contributed by atoms with Gasteiger partial charge in [-0.25, -0.2) is 4.98 Å². The average Bonchev–Trinajstić information content (AvgIpc) is 3.20. The molecule has 2 aromatic rings. The molecule has 9 heteroatoms. The number of alkyl halides is 2. The van der Waals surface area contributed by atoms with Crippen LogP contribution < -0.4 is 5.56 Å². The summed E-state index contributed by atoms with van der Waals surface area (Å²) in [7, 11) is 1.61. The number of pyridine rings is 1. The summed E-state index contributed by atoms with van der Waals surface area (Å²) >= 11 is 6.82. The van der Waals surface area contributed by atoms with E-state index < -0.39 is 11.8 Å².